The molecule has 5 rings (SSSR count). The minimum atomic E-state index is -0.829. The lowest BCUT2D eigenvalue weighted by atomic mass is 9.83. The molecule has 0 aromatic carbocycles. The first-order valence-electron chi connectivity index (χ1n) is 10.7. The van der Waals surface area contributed by atoms with Crippen LogP contribution in [0.1, 0.15) is 38.5 Å². The van der Waals surface area contributed by atoms with Gasteiger partial charge in [-0.25, -0.2) is 0 Å². The van der Waals surface area contributed by atoms with Crippen LogP contribution in [0.15, 0.2) is 46.3 Å². The molecule has 0 saturated carbocycles. The number of aryl methyl sites for hydroxylation is 1. The van der Waals surface area contributed by atoms with E-state index < -0.39 is 5.66 Å². The highest BCUT2D eigenvalue weighted by Gasteiger charge is 2.58. The van der Waals surface area contributed by atoms with E-state index in [1.165, 1.54) is 6.26 Å². The minimum Gasteiger partial charge on any atom is -0.364 e. The fraction of sp³-hybridized carbons (Fsp3) is 0.435. The molecule has 1 aliphatic carbocycles. The third kappa shape index (κ3) is 3.12. The second kappa shape index (κ2) is 7.64. The van der Waals surface area contributed by atoms with Crippen molar-refractivity contribution in [2.24, 2.45) is 5.92 Å². The van der Waals surface area contributed by atoms with Gasteiger partial charge >= 0.3 is 0 Å². The lowest BCUT2D eigenvalue weighted by molar-refractivity contribution is -0.0260. The minimum absolute atomic E-state index is 0.0485. The number of nitrogens with zero attached hydrogens (tertiary/aromatic N) is 5. The van der Waals surface area contributed by atoms with Crippen molar-refractivity contribution in [1.82, 2.24) is 24.4 Å². The second-order valence-corrected chi connectivity index (χ2v) is 9.43. The van der Waals surface area contributed by atoms with Gasteiger partial charge in [0.1, 0.15) is 23.2 Å². The first-order chi connectivity index (χ1) is 15.3. The zero-order valence-electron chi connectivity index (χ0n) is 18.4. The van der Waals surface area contributed by atoms with Crippen LogP contribution in [-0.4, -0.2) is 69.1 Å². The number of hydrogen-bond acceptors (Lipinski definition) is 5. The predicted molar refractivity (Wildman–Crippen MR) is 119 cm³/mol. The number of fused-ring (bicyclic) bond motifs is 2. The van der Waals surface area contributed by atoms with Crippen molar-refractivity contribution >= 4 is 23.4 Å². The molecule has 1 saturated heterocycles. The molecule has 4 heterocycles. The third-order valence-corrected chi connectivity index (χ3v) is 6.96. The number of aromatic nitrogens is 2. The molecule has 0 bridgehead atoms. The molecule has 32 heavy (non-hydrogen) atoms. The molecular formula is C23H26ClN5O3. The van der Waals surface area contributed by atoms with Crippen LogP contribution in [0.5, 0.6) is 0 Å². The van der Waals surface area contributed by atoms with Gasteiger partial charge in [0.2, 0.25) is 0 Å². The summed E-state index contributed by atoms with van der Waals surface area (Å²) in [5, 5.41) is 4.56. The molecule has 0 N–H and O–H groups in total. The van der Waals surface area contributed by atoms with Crippen molar-refractivity contribution in [1.29, 1.82) is 0 Å². The highest BCUT2D eigenvalue weighted by Crippen LogP contribution is 2.44. The maximum atomic E-state index is 13.7. The maximum absolute atomic E-state index is 13.7. The monoisotopic (exact) mass is 455 g/mol. The van der Waals surface area contributed by atoms with E-state index >= 15 is 0 Å². The summed E-state index contributed by atoms with van der Waals surface area (Å²) in [5.74, 6) is -0.307. The largest absolute Gasteiger partial charge is 0.364 e. The number of hydrogen-bond donors (Lipinski definition) is 0. The molecule has 0 spiro atoms. The van der Waals surface area contributed by atoms with Crippen molar-refractivity contribution < 1.29 is 14.1 Å². The Morgan fingerprint density at radius 1 is 1.38 bits per heavy atom. The highest BCUT2D eigenvalue weighted by atomic mass is 35.5. The van der Waals surface area contributed by atoms with Gasteiger partial charge in [-0.2, -0.15) is 0 Å². The summed E-state index contributed by atoms with van der Waals surface area (Å²) in [6.07, 6.45) is 9.92. The molecule has 1 fully saturated rings. The first kappa shape index (κ1) is 21.0. The summed E-state index contributed by atoms with van der Waals surface area (Å²) in [4.78, 5) is 33.1. The van der Waals surface area contributed by atoms with Gasteiger partial charge in [-0.15, -0.1) is 0 Å². The van der Waals surface area contributed by atoms with Crippen LogP contribution in [-0.2, 0) is 13.1 Å². The average molecular weight is 456 g/mol. The molecule has 2 aliphatic heterocycles. The van der Waals surface area contributed by atoms with Gasteiger partial charge in [-0.1, -0.05) is 28.9 Å². The first-order valence-corrected chi connectivity index (χ1v) is 11.1. The van der Waals surface area contributed by atoms with E-state index in [9.17, 15) is 9.59 Å². The highest BCUT2D eigenvalue weighted by molar-refractivity contribution is 6.31. The van der Waals surface area contributed by atoms with Gasteiger partial charge in [0.15, 0.2) is 0 Å². The SMILES string of the molecule is Cc1nocc1C(=O)N1CCN2C(=O)c3cc(CN(C)C)cn3CC12C1C=CC(Cl)=CC1. The van der Waals surface area contributed by atoms with Gasteiger partial charge in [-0.3, -0.25) is 9.59 Å². The molecular weight excluding hydrogens is 430 g/mol. The van der Waals surface area contributed by atoms with Crippen molar-refractivity contribution in [2.45, 2.75) is 32.1 Å². The Labute approximate surface area is 191 Å². The van der Waals surface area contributed by atoms with Gasteiger partial charge in [0.25, 0.3) is 11.8 Å². The lowest BCUT2D eigenvalue weighted by Crippen LogP contribution is -2.66. The molecule has 2 amide bonds. The topological polar surface area (TPSA) is 74.8 Å². The Bertz CT molecular complexity index is 1150. The van der Waals surface area contributed by atoms with Crippen molar-refractivity contribution in [2.75, 3.05) is 27.2 Å². The van der Waals surface area contributed by atoms with Crippen molar-refractivity contribution in [3.63, 3.8) is 0 Å². The van der Waals surface area contributed by atoms with Crippen molar-refractivity contribution in [3.8, 4) is 0 Å². The number of allylic oxidation sites excluding steroid dienone is 3. The zero-order valence-corrected chi connectivity index (χ0v) is 19.2. The van der Waals surface area contributed by atoms with Gasteiger partial charge in [0.05, 0.1) is 12.2 Å². The molecule has 168 valence electrons. The van der Waals surface area contributed by atoms with E-state index in [0.717, 1.165) is 12.1 Å². The number of carbonyl (C=O) groups is 2. The predicted octanol–water partition coefficient (Wildman–Crippen LogP) is 2.85. The fourth-order valence-corrected chi connectivity index (χ4v) is 5.44. The number of carbonyl (C=O) groups excluding carboxylic acids is 2. The van der Waals surface area contributed by atoms with Crippen LogP contribution in [0.25, 0.3) is 0 Å². The molecule has 2 atom stereocenters. The summed E-state index contributed by atoms with van der Waals surface area (Å²) in [5.41, 5.74) is 1.89. The van der Waals surface area contributed by atoms with Gasteiger partial charge in [-0.05, 0) is 45.1 Å². The summed E-state index contributed by atoms with van der Waals surface area (Å²) in [7, 11) is 4.01. The molecule has 2 aromatic heterocycles. The summed E-state index contributed by atoms with van der Waals surface area (Å²) in [6.45, 7) is 3.92. The normalized spacial score (nSPS) is 24.7. The summed E-state index contributed by atoms with van der Waals surface area (Å²) < 4.78 is 7.05. The molecule has 0 radical (unpaired) electrons. The molecule has 9 heteroatoms. The fourth-order valence-electron chi connectivity index (χ4n) is 5.28. The van der Waals surface area contributed by atoms with Crippen LogP contribution in [0.4, 0.5) is 0 Å². The van der Waals surface area contributed by atoms with Gasteiger partial charge < -0.3 is 23.8 Å². The van der Waals surface area contributed by atoms with E-state index in [1.54, 1.807) is 6.92 Å². The Morgan fingerprint density at radius 2 is 2.19 bits per heavy atom. The van der Waals surface area contributed by atoms with Crippen LogP contribution in [0, 0.1) is 12.8 Å². The van der Waals surface area contributed by atoms with Crippen LogP contribution in [0.2, 0.25) is 0 Å². The van der Waals surface area contributed by atoms with E-state index in [4.69, 9.17) is 16.1 Å². The lowest BCUT2D eigenvalue weighted by Gasteiger charge is -2.50. The number of amides is 2. The number of rotatable bonds is 4. The Kier molecular flexibility index (Phi) is 5.02. The van der Waals surface area contributed by atoms with Gasteiger partial charge in [0, 0.05) is 36.8 Å². The van der Waals surface area contributed by atoms with Crippen LogP contribution >= 0.6 is 11.6 Å². The van der Waals surface area contributed by atoms with Crippen LogP contribution in [0.3, 0.4) is 0 Å². The van der Waals surface area contributed by atoms with Crippen LogP contribution < -0.4 is 0 Å². The Balaban J connectivity index is 1.61. The quantitative estimate of drug-likeness (QED) is 0.708. The maximum Gasteiger partial charge on any atom is 0.272 e. The second-order valence-electron chi connectivity index (χ2n) is 9.00. The molecule has 2 unspecified atom stereocenters. The summed E-state index contributed by atoms with van der Waals surface area (Å²) in [6, 6.07) is 1.97. The number of halogens is 1. The van der Waals surface area contributed by atoms with E-state index in [0.29, 0.717) is 48.0 Å². The standard InChI is InChI=1S/C23H26ClN5O3/c1-15-19(13-32-25-15)21(30)28-8-9-29-22(31)20-10-16(11-26(2)3)12-27(20)14-23(28,29)17-4-6-18(24)7-5-17/h4,6-7,10,12-13,17H,5,8-9,11,14H2,1-3H3. The molecule has 8 nitrogen and oxygen atoms in total. The van der Waals surface area contributed by atoms with E-state index in [1.807, 2.05) is 59.0 Å². The Hall–Kier alpha value is -2.84. The molecule has 3 aliphatic rings. The zero-order chi connectivity index (χ0) is 22.6. The average Bonchev–Trinajstić information content (AvgIpc) is 3.45. The Morgan fingerprint density at radius 3 is 2.84 bits per heavy atom. The van der Waals surface area contributed by atoms with E-state index in [-0.39, 0.29) is 17.7 Å². The third-order valence-electron chi connectivity index (χ3n) is 6.68. The van der Waals surface area contributed by atoms with E-state index in [2.05, 4.69) is 10.1 Å². The van der Waals surface area contributed by atoms with Crippen molar-refractivity contribution in [3.05, 3.63) is 64.3 Å². The smallest absolute Gasteiger partial charge is 0.272 e. The molecule has 2 aromatic rings. The summed E-state index contributed by atoms with van der Waals surface area (Å²) >= 11 is 6.21.